The summed E-state index contributed by atoms with van der Waals surface area (Å²) in [5.41, 5.74) is -1.97. The molecule has 1 aliphatic heterocycles. The van der Waals surface area contributed by atoms with Crippen molar-refractivity contribution in [2.45, 2.75) is 51.1 Å². The normalized spacial score (nSPS) is 20.5. The molecule has 6 nitrogen and oxygen atoms in total. The SMILES string of the molecule is CC(C)(C)OC(=O)N1C[C@H](Oc2cc(C(F)(F)F)ccc2F)C[C@H]1C(=O)O. The maximum absolute atomic E-state index is 13.8. The van der Waals surface area contributed by atoms with Crippen LogP contribution in [0.5, 0.6) is 5.75 Å². The zero-order chi connectivity index (χ0) is 20.6. The number of hydrogen-bond donors (Lipinski definition) is 1. The summed E-state index contributed by atoms with van der Waals surface area (Å²) in [7, 11) is 0. The number of carboxylic acids is 1. The van der Waals surface area contributed by atoms with E-state index in [-0.39, 0.29) is 13.0 Å². The van der Waals surface area contributed by atoms with Crippen molar-refractivity contribution in [1.82, 2.24) is 4.90 Å². The highest BCUT2D eigenvalue weighted by Crippen LogP contribution is 2.34. The fourth-order valence-electron chi connectivity index (χ4n) is 2.59. The summed E-state index contributed by atoms with van der Waals surface area (Å²) in [4.78, 5) is 24.5. The largest absolute Gasteiger partial charge is 0.485 e. The van der Waals surface area contributed by atoms with Crippen molar-refractivity contribution in [2.75, 3.05) is 6.54 Å². The van der Waals surface area contributed by atoms with Crippen molar-refractivity contribution in [1.29, 1.82) is 0 Å². The zero-order valence-electron chi connectivity index (χ0n) is 14.8. The van der Waals surface area contributed by atoms with E-state index in [1.54, 1.807) is 20.8 Å². The Labute approximate surface area is 152 Å². The number of ether oxygens (including phenoxy) is 2. The number of amides is 1. The lowest BCUT2D eigenvalue weighted by molar-refractivity contribution is -0.142. The summed E-state index contributed by atoms with van der Waals surface area (Å²) in [6.45, 7) is 4.54. The van der Waals surface area contributed by atoms with Gasteiger partial charge in [0.2, 0.25) is 0 Å². The van der Waals surface area contributed by atoms with Crippen molar-refractivity contribution < 1.29 is 41.7 Å². The Morgan fingerprint density at radius 2 is 1.85 bits per heavy atom. The van der Waals surface area contributed by atoms with Gasteiger partial charge in [0.25, 0.3) is 0 Å². The molecule has 0 aromatic heterocycles. The van der Waals surface area contributed by atoms with Crippen molar-refractivity contribution in [3.05, 3.63) is 29.6 Å². The molecular formula is C17H19F4NO5. The molecule has 0 bridgehead atoms. The molecule has 1 saturated heterocycles. The van der Waals surface area contributed by atoms with E-state index in [0.717, 1.165) is 4.90 Å². The molecular weight excluding hydrogens is 374 g/mol. The van der Waals surface area contributed by atoms with E-state index in [0.29, 0.717) is 18.2 Å². The van der Waals surface area contributed by atoms with E-state index in [2.05, 4.69) is 0 Å². The van der Waals surface area contributed by atoms with Gasteiger partial charge < -0.3 is 14.6 Å². The number of likely N-dealkylation sites (tertiary alicyclic amines) is 1. The van der Waals surface area contributed by atoms with E-state index in [1.165, 1.54) is 0 Å². The highest BCUT2D eigenvalue weighted by molar-refractivity contribution is 5.81. The van der Waals surface area contributed by atoms with Gasteiger partial charge in [-0.3, -0.25) is 4.90 Å². The fourth-order valence-corrected chi connectivity index (χ4v) is 2.59. The number of halogens is 4. The fraction of sp³-hybridized carbons (Fsp3) is 0.529. The Morgan fingerprint density at radius 1 is 1.22 bits per heavy atom. The molecule has 1 aliphatic rings. The van der Waals surface area contributed by atoms with E-state index in [1.807, 2.05) is 0 Å². The van der Waals surface area contributed by atoms with Gasteiger partial charge in [-0.15, -0.1) is 0 Å². The number of hydrogen-bond acceptors (Lipinski definition) is 4. The lowest BCUT2D eigenvalue weighted by Crippen LogP contribution is -2.43. The number of benzene rings is 1. The number of carbonyl (C=O) groups is 2. The predicted octanol–water partition coefficient (Wildman–Crippen LogP) is 3.69. The molecule has 10 heteroatoms. The van der Waals surface area contributed by atoms with Crippen LogP contribution in [0.1, 0.15) is 32.8 Å². The number of carboxylic acid groups (broad SMARTS) is 1. The van der Waals surface area contributed by atoms with Gasteiger partial charge in [0.05, 0.1) is 12.1 Å². The third-order valence-electron chi connectivity index (χ3n) is 3.73. The quantitative estimate of drug-likeness (QED) is 0.793. The summed E-state index contributed by atoms with van der Waals surface area (Å²) in [6.07, 6.45) is -6.81. The first-order valence-corrected chi connectivity index (χ1v) is 8.04. The summed E-state index contributed by atoms with van der Waals surface area (Å²) in [5.74, 6) is -3.01. The van der Waals surface area contributed by atoms with Crippen LogP contribution >= 0.6 is 0 Å². The first kappa shape index (κ1) is 20.8. The monoisotopic (exact) mass is 393 g/mol. The molecule has 0 radical (unpaired) electrons. The van der Waals surface area contributed by atoms with Crippen LogP contribution in [-0.4, -0.2) is 46.4 Å². The molecule has 0 spiro atoms. The van der Waals surface area contributed by atoms with E-state index in [9.17, 15) is 32.3 Å². The second-order valence-corrected chi connectivity index (χ2v) is 7.11. The number of nitrogens with zero attached hydrogens (tertiary/aromatic N) is 1. The summed E-state index contributed by atoms with van der Waals surface area (Å²) >= 11 is 0. The highest BCUT2D eigenvalue weighted by atomic mass is 19.4. The zero-order valence-corrected chi connectivity index (χ0v) is 14.8. The summed E-state index contributed by atoms with van der Waals surface area (Å²) in [6, 6.07) is 0.400. The van der Waals surface area contributed by atoms with Gasteiger partial charge in [-0.2, -0.15) is 13.2 Å². The Hall–Kier alpha value is -2.52. The van der Waals surface area contributed by atoms with Gasteiger partial charge in [0.15, 0.2) is 11.6 Å². The second-order valence-electron chi connectivity index (χ2n) is 7.11. The predicted molar refractivity (Wildman–Crippen MR) is 84.8 cm³/mol. The Balaban J connectivity index is 2.19. The molecule has 1 aromatic rings. The second kappa shape index (κ2) is 7.24. The third kappa shape index (κ3) is 5.24. The molecule has 1 aromatic carbocycles. The van der Waals surface area contributed by atoms with Gasteiger partial charge in [-0.05, 0) is 39.0 Å². The van der Waals surface area contributed by atoms with Crippen LogP contribution in [0, 0.1) is 5.82 Å². The van der Waals surface area contributed by atoms with Crippen LogP contribution in [0.2, 0.25) is 0 Å². The van der Waals surface area contributed by atoms with Crippen molar-refractivity contribution in [3.8, 4) is 5.75 Å². The van der Waals surface area contributed by atoms with Gasteiger partial charge in [-0.1, -0.05) is 0 Å². The van der Waals surface area contributed by atoms with Crippen LogP contribution in [0.15, 0.2) is 18.2 Å². The van der Waals surface area contributed by atoms with Crippen molar-refractivity contribution in [2.24, 2.45) is 0 Å². The van der Waals surface area contributed by atoms with E-state index < -0.39 is 53.1 Å². The minimum absolute atomic E-state index is 0.218. The minimum atomic E-state index is -4.69. The number of alkyl halides is 3. The van der Waals surface area contributed by atoms with E-state index >= 15 is 0 Å². The molecule has 27 heavy (non-hydrogen) atoms. The molecule has 0 aliphatic carbocycles. The molecule has 2 atom stereocenters. The van der Waals surface area contributed by atoms with Gasteiger partial charge in [0, 0.05) is 6.42 Å². The van der Waals surface area contributed by atoms with Crippen LogP contribution < -0.4 is 4.74 Å². The van der Waals surface area contributed by atoms with E-state index in [4.69, 9.17) is 9.47 Å². The maximum atomic E-state index is 13.8. The lowest BCUT2D eigenvalue weighted by atomic mass is 10.2. The summed E-state index contributed by atoms with van der Waals surface area (Å²) in [5, 5.41) is 9.29. The molecule has 0 saturated carbocycles. The van der Waals surface area contributed by atoms with Crippen LogP contribution in [0.4, 0.5) is 22.4 Å². The van der Waals surface area contributed by atoms with Crippen LogP contribution in [0.3, 0.4) is 0 Å². The number of carbonyl (C=O) groups excluding carboxylic acids is 1. The lowest BCUT2D eigenvalue weighted by Gasteiger charge is -2.26. The molecule has 2 rings (SSSR count). The molecule has 0 unspecified atom stereocenters. The topological polar surface area (TPSA) is 76.1 Å². The first-order chi connectivity index (χ1) is 12.3. The molecule has 150 valence electrons. The van der Waals surface area contributed by atoms with Gasteiger partial charge >= 0.3 is 18.2 Å². The Bertz CT molecular complexity index is 729. The van der Waals surface area contributed by atoms with Gasteiger partial charge in [0.1, 0.15) is 17.7 Å². The number of rotatable bonds is 3. The molecule has 1 N–H and O–H groups in total. The average molecular weight is 393 g/mol. The molecule has 1 heterocycles. The van der Waals surface area contributed by atoms with Crippen LogP contribution in [-0.2, 0) is 15.7 Å². The average Bonchev–Trinajstić information content (AvgIpc) is 2.91. The standard InChI is InChI=1S/C17H19F4NO5/c1-16(2,3)27-15(25)22-8-10(7-12(22)14(23)24)26-13-6-9(17(19,20)21)4-5-11(13)18/h4-6,10,12H,7-8H2,1-3H3,(H,23,24)/t10-,12+/m1/s1. The molecule has 1 fully saturated rings. The third-order valence-corrected chi connectivity index (χ3v) is 3.73. The highest BCUT2D eigenvalue weighted by Gasteiger charge is 2.43. The summed E-state index contributed by atoms with van der Waals surface area (Å²) < 4.78 is 62.6. The Morgan fingerprint density at radius 3 is 2.37 bits per heavy atom. The minimum Gasteiger partial charge on any atom is -0.485 e. The van der Waals surface area contributed by atoms with Crippen LogP contribution in [0.25, 0.3) is 0 Å². The van der Waals surface area contributed by atoms with Crippen molar-refractivity contribution >= 4 is 12.1 Å². The van der Waals surface area contributed by atoms with Crippen molar-refractivity contribution in [3.63, 3.8) is 0 Å². The molecule has 1 amide bonds. The van der Waals surface area contributed by atoms with Gasteiger partial charge in [-0.25, -0.2) is 14.0 Å². The number of aliphatic carboxylic acids is 1. The smallest absolute Gasteiger partial charge is 0.416 e. The Kier molecular flexibility index (Phi) is 5.58. The first-order valence-electron chi connectivity index (χ1n) is 8.04. The maximum Gasteiger partial charge on any atom is 0.416 e.